The first-order valence-electron chi connectivity index (χ1n) is 7.99. The van der Waals surface area contributed by atoms with Gasteiger partial charge >= 0.3 is 6.36 Å². The number of carbonyl (C=O) groups is 1. The number of carbonyl (C=O) groups excluding carboxylic acids is 1. The molecule has 152 valence electrons. The van der Waals surface area contributed by atoms with E-state index in [2.05, 4.69) is 20.3 Å². The minimum Gasteiger partial charge on any atom is -0.505 e. The van der Waals surface area contributed by atoms with Crippen molar-refractivity contribution in [3.05, 3.63) is 63.8 Å². The lowest BCUT2D eigenvalue weighted by Gasteiger charge is -2.10. The number of alkyl halides is 3. The second kappa shape index (κ2) is 8.22. The van der Waals surface area contributed by atoms with Crippen molar-refractivity contribution in [1.29, 1.82) is 0 Å². The van der Waals surface area contributed by atoms with Gasteiger partial charge in [0.2, 0.25) is 0 Å². The summed E-state index contributed by atoms with van der Waals surface area (Å²) in [6, 6.07) is 9.58. The second-order valence-corrected chi connectivity index (χ2v) is 6.65. The highest BCUT2D eigenvalue weighted by molar-refractivity contribution is 6.37. The zero-order valence-electron chi connectivity index (χ0n) is 14.3. The van der Waals surface area contributed by atoms with Gasteiger partial charge in [0.05, 0.1) is 15.7 Å². The van der Waals surface area contributed by atoms with Gasteiger partial charge in [0, 0.05) is 12.1 Å². The number of nitrogens with zero attached hydrogens (tertiary/aromatic N) is 1. The predicted molar refractivity (Wildman–Crippen MR) is 100 cm³/mol. The van der Waals surface area contributed by atoms with Crippen molar-refractivity contribution in [1.82, 2.24) is 15.5 Å². The van der Waals surface area contributed by atoms with Gasteiger partial charge in [0.25, 0.3) is 5.91 Å². The number of halogens is 5. The number of aromatic nitrogens is 2. The average Bonchev–Trinajstić information content (AvgIpc) is 3.13. The third-order valence-corrected chi connectivity index (χ3v) is 4.30. The third-order valence-electron chi connectivity index (χ3n) is 3.72. The molecular formula is C18H12Cl2F3N3O3. The number of aromatic hydroxyl groups is 1. The van der Waals surface area contributed by atoms with E-state index in [-0.39, 0.29) is 33.8 Å². The minimum absolute atomic E-state index is 0.0287. The molecule has 0 aliphatic carbocycles. The number of phenols is 1. The fraction of sp³-hybridized carbons (Fsp3) is 0.111. The van der Waals surface area contributed by atoms with Gasteiger partial charge in [-0.25, -0.2) is 0 Å². The molecule has 1 heterocycles. The molecule has 1 amide bonds. The second-order valence-electron chi connectivity index (χ2n) is 5.83. The quantitative estimate of drug-likeness (QED) is 0.520. The van der Waals surface area contributed by atoms with Gasteiger partial charge in [-0.05, 0) is 35.9 Å². The standard InChI is InChI=1S/C18H12Cl2F3N3O3/c19-12-5-10(6-13(20)16(12)27)14-7-15(26-25-14)17(28)24-8-9-2-1-3-11(4-9)29-18(21,22)23/h1-7,27H,8H2,(H,24,28)(H,25,26). The summed E-state index contributed by atoms with van der Waals surface area (Å²) in [5.41, 5.74) is 1.37. The first-order valence-corrected chi connectivity index (χ1v) is 8.74. The normalized spacial score (nSPS) is 11.3. The largest absolute Gasteiger partial charge is 0.573 e. The van der Waals surface area contributed by atoms with Crippen molar-refractivity contribution in [2.75, 3.05) is 0 Å². The van der Waals surface area contributed by atoms with Crippen molar-refractivity contribution >= 4 is 29.1 Å². The Morgan fingerprint density at radius 2 is 1.86 bits per heavy atom. The van der Waals surface area contributed by atoms with Crippen LogP contribution in [0.25, 0.3) is 11.3 Å². The zero-order valence-corrected chi connectivity index (χ0v) is 15.9. The topological polar surface area (TPSA) is 87.2 Å². The Morgan fingerprint density at radius 3 is 2.52 bits per heavy atom. The summed E-state index contributed by atoms with van der Waals surface area (Å²) in [4.78, 5) is 12.3. The number of hydrogen-bond acceptors (Lipinski definition) is 4. The maximum absolute atomic E-state index is 12.3. The molecule has 3 N–H and O–H groups in total. The van der Waals surface area contributed by atoms with Gasteiger partial charge < -0.3 is 15.2 Å². The van der Waals surface area contributed by atoms with Gasteiger partial charge in [-0.2, -0.15) is 5.10 Å². The highest BCUT2D eigenvalue weighted by atomic mass is 35.5. The first-order chi connectivity index (χ1) is 13.6. The third kappa shape index (κ3) is 5.33. The monoisotopic (exact) mass is 445 g/mol. The van der Waals surface area contributed by atoms with E-state index in [1.165, 1.54) is 30.3 Å². The fourth-order valence-electron chi connectivity index (χ4n) is 2.43. The lowest BCUT2D eigenvalue weighted by atomic mass is 10.1. The smallest absolute Gasteiger partial charge is 0.505 e. The molecule has 0 aliphatic heterocycles. The number of hydrogen-bond donors (Lipinski definition) is 3. The molecule has 3 aromatic rings. The summed E-state index contributed by atoms with van der Waals surface area (Å²) < 4.78 is 40.7. The molecule has 2 aromatic carbocycles. The number of aromatic amines is 1. The minimum atomic E-state index is -4.80. The maximum atomic E-state index is 12.3. The van der Waals surface area contributed by atoms with Crippen LogP contribution in [0.3, 0.4) is 0 Å². The van der Waals surface area contributed by atoms with Crippen molar-refractivity contribution in [3.63, 3.8) is 0 Å². The number of nitrogens with one attached hydrogen (secondary N) is 2. The van der Waals surface area contributed by atoms with Gasteiger partial charge in [0.15, 0.2) is 5.75 Å². The molecule has 0 saturated heterocycles. The number of H-pyrrole nitrogens is 1. The molecule has 29 heavy (non-hydrogen) atoms. The van der Waals surface area contributed by atoms with Crippen LogP contribution in [0.2, 0.25) is 10.0 Å². The van der Waals surface area contributed by atoms with E-state index in [1.807, 2.05) is 0 Å². The van der Waals surface area contributed by atoms with E-state index in [0.717, 1.165) is 6.07 Å². The Labute approximate surface area is 172 Å². The van der Waals surface area contributed by atoms with Crippen LogP contribution in [0.15, 0.2) is 42.5 Å². The number of benzene rings is 2. The van der Waals surface area contributed by atoms with Crippen molar-refractivity contribution in [3.8, 4) is 22.8 Å². The average molecular weight is 446 g/mol. The summed E-state index contributed by atoms with van der Waals surface area (Å²) in [6.45, 7) is -0.0287. The van der Waals surface area contributed by atoms with Crippen LogP contribution in [0, 0.1) is 0 Å². The van der Waals surface area contributed by atoms with E-state index in [1.54, 1.807) is 6.07 Å². The summed E-state index contributed by atoms with van der Waals surface area (Å²) >= 11 is 11.8. The van der Waals surface area contributed by atoms with Crippen molar-refractivity contribution < 1.29 is 27.8 Å². The molecule has 0 atom stereocenters. The molecule has 0 saturated carbocycles. The summed E-state index contributed by atoms with van der Waals surface area (Å²) in [7, 11) is 0. The first kappa shape index (κ1) is 20.8. The highest BCUT2D eigenvalue weighted by Crippen LogP contribution is 2.36. The van der Waals surface area contributed by atoms with Gasteiger partial charge in [0.1, 0.15) is 11.4 Å². The van der Waals surface area contributed by atoms with Crippen LogP contribution in [0.1, 0.15) is 16.1 Å². The molecule has 0 fully saturated rings. The van der Waals surface area contributed by atoms with E-state index in [0.29, 0.717) is 16.8 Å². The van der Waals surface area contributed by atoms with Crippen LogP contribution in [0.4, 0.5) is 13.2 Å². The van der Waals surface area contributed by atoms with Crippen molar-refractivity contribution in [2.45, 2.75) is 12.9 Å². The van der Waals surface area contributed by atoms with Crippen LogP contribution in [-0.2, 0) is 6.54 Å². The van der Waals surface area contributed by atoms with Gasteiger partial charge in [-0.1, -0.05) is 35.3 Å². The van der Waals surface area contributed by atoms with Crippen LogP contribution >= 0.6 is 23.2 Å². The molecule has 0 unspecified atom stereocenters. The van der Waals surface area contributed by atoms with E-state index in [9.17, 15) is 23.1 Å². The van der Waals surface area contributed by atoms with E-state index in [4.69, 9.17) is 23.2 Å². The summed E-state index contributed by atoms with van der Waals surface area (Å²) in [6.07, 6.45) is -4.80. The van der Waals surface area contributed by atoms with Gasteiger partial charge in [-0.3, -0.25) is 9.89 Å². The van der Waals surface area contributed by atoms with Crippen LogP contribution in [0.5, 0.6) is 11.5 Å². The fourth-order valence-corrected chi connectivity index (χ4v) is 2.92. The molecule has 0 radical (unpaired) electrons. The van der Waals surface area contributed by atoms with E-state index >= 15 is 0 Å². The lowest BCUT2D eigenvalue weighted by Crippen LogP contribution is -2.23. The molecule has 0 aliphatic rings. The molecule has 0 bridgehead atoms. The van der Waals surface area contributed by atoms with E-state index < -0.39 is 12.3 Å². The molecule has 0 spiro atoms. The SMILES string of the molecule is O=C(NCc1cccc(OC(F)(F)F)c1)c1cc(-c2cc(Cl)c(O)c(Cl)c2)n[nH]1. The maximum Gasteiger partial charge on any atom is 0.573 e. The molecule has 11 heteroatoms. The van der Waals surface area contributed by atoms with Crippen molar-refractivity contribution in [2.24, 2.45) is 0 Å². The Morgan fingerprint density at radius 1 is 1.17 bits per heavy atom. The van der Waals surface area contributed by atoms with Crippen LogP contribution in [-0.4, -0.2) is 27.6 Å². The molecular weight excluding hydrogens is 434 g/mol. The number of rotatable bonds is 5. The van der Waals surface area contributed by atoms with Crippen LogP contribution < -0.4 is 10.1 Å². The molecule has 6 nitrogen and oxygen atoms in total. The van der Waals surface area contributed by atoms with Gasteiger partial charge in [-0.15, -0.1) is 13.2 Å². The number of ether oxygens (including phenoxy) is 1. The zero-order chi connectivity index (χ0) is 21.2. The summed E-state index contributed by atoms with van der Waals surface area (Å²) in [5.74, 6) is -1.17. The Bertz CT molecular complexity index is 1030. The predicted octanol–water partition coefficient (Wildman–Crippen LogP) is 4.92. The summed E-state index contributed by atoms with van der Waals surface area (Å²) in [5, 5.41) is 18.8. The number of phenolic OH excluding ortho intramolecular Hbond substituents is 1. The Kier molecular flexibility index (Phi) is 5.90. The lowest BCUT2D eigenvalue weighted by molar-refractivity contribution is -0.274. The molecule has 3 rings (SSSR count). The highest BCUT2D eigenvalue weighted by Gasteiger charge is 2.31. The Balaban J connectivity index is 1.68. The molecule has 1 aromatic heterocycles. The Hall–Kier alpha value is -2.91. The number of amides is 1.